The number of hydrogen-bond donors (Lipinski definition) is 2. The Balaban J connectivity index is 1.10. The standard InChI is InChI=1S/C23H22N8O2/c32-21(31-7-3-6-18-19(31)13-26-28-18)10-20-29-30-22(33-20)16-11-24-23(25-12-16)27-17-8-14-4-1-2-5-15(14)9-17/h1-2,4-5,11-13,17H,3,6-10H2,(H,26,28)(H,24,25,27). The van der Waals surface area contributed by atoms with Gasteiger partial charge in [-0.2, -0.15) is 5.10 Å². The minimum atomic E-state index is -0.0964. The van der Waals surface area contributed by atoms with Gasteiger partial charge in [-0.1, -0.05) is 24.3 Å². The van der Waals surface area contributed by atoms with Crippen LogP contribution in [-0.2, 0) is 30.5 Å². The Morgan fingerprint density at radius 3 is 2.70 bits per heavy atom. The van der Waals surface area contributed by atoms with Crippen LogP contribution in [0.25, 0.3) is 11.5 Å². The molecule has 10 nitrogen and oxygen atoms in total. The number of nitrogens with zero attached hydrogens (tertiary/aromatic N) is 6. The number of fused-ring (bicyclic) bond motifs is 2. The van der Waals surface area contributed by atoms with Crippen molar-refractivity contribution in [3.05, 3.63) is 65.6 Å². The lowest BCUT2D eigenvalue weighted by Gasteiger charge is -2.25. The normalized spacial score (nSPS) is 15.3. The lowest BCUT2D eigenvalue weighted by Crippen LogP contribution is -2.36. The molecule has 2 aliphatic rings. The Morgan fingerprint density at radius 1 is 1.12 bits per heavy atom. The number of carbonyl (C=O) groups is 1. The molecule has 1 aliphatic carbocycles. The van der Waals surface area contributed by atoms with Crippen molar-refractivity contribution >= 4 is 17.5 Å². The average molecular weight is 442 g/mol. The van der Waals surface area contributed by atoms with E-state index in [0.29, 0.717) is 23.9 Å². The quantitative estimate of drug-likeness (QED) is 0.482. The average Bonchev–Trinajstić information content (AvgIpc) is 3.58. The first kappa shape index (κ1) is 19.6. The predicted molar refractivity (Wildman–Crippen MR) is 120 cm³/mol. The number of aromatic nitrogens is 6. The van der Waals surface area contributed by atoms with Crippen LogP contribution >= 0.6 is 0 Å². The summed E-state index contributed by atoms with van der Waals surface area (Å²) in [5.74, 6) is 1.02. The third-order valence-electron chi connectivity index (χ3n) is 6.15. The molecule has 10 heteroatoms. The Kier molecular flexibility index (Phi) is 4.82. The summed E-state index contributed by atoms with van der Waals surface area (Å²) in [7, 11) is 0. The van der Waals surface area contributed by atoms with Crippen molar-refractivity contribution < 1.29 is 9.21 Å². The SMILES string of the molecule is O=C(Cc1nnc(-c2cnc(NC3Cc4ccccc4C3)nc2)o1)N1CCCc2[nH]ncc21. The Morgan fingerprint density at radius 2 is 1.91 bits per heavy atom. The molecule has 4 aromatic rings. The van der Waals surface area contributed by atoms with E-state index in [4.69, 9.17) is 4.42 Å². The van der Waals surface area contributed by atoms with Crippen LogP contribution in [-0.4, -0.2) is 48.9 Å². The first-order chi connectivity index (χ1) is 16.2. The fourth-order valence-corrected chi connectivity index (χ4v) is 4.54. The van der Waals surface area contributed by atoms with Crippen molar-refractivity contribution in [3.63, 3.8) is 0 Å². The molecule has 1 aromatic carbocycles. The molecule has 0 saturated carbocycles. The first-order valence-electron chi connectivity index (χ1n) is 11.0. The van der Waals surface area contributed by atoms with Gasteiger partial charge in [0.1, 0.15) is 6.42 Å². The number of H-pyrrole nitrogens is 1. The second-order valence-corrected chi connectivity index (χ2v) is 8.37. The zero-order valence-corrected chi connectivity index (χ0v) is 17.9. The highest BCUT2D eigenvalue weighted by Gasteiger charge is 2.26. The summed E-state index contributed by atoms with van der Waals surface area (Å²) in [5.41, 5.74) is 5.15. The van der Waals surface area contributed by atoms with Crippen LogP contribution < -0.4 is 10.2 Å². The number of hydrogen-bond acceptors (Lipinski definition) is 8. The van der Waals surface area contributed by atoms with Crippen LogP contribution in [0, 0.1) is 0 Å². The summed E-state index contributed by atoms with van der Waals surface area (Å²) < 4.78 is 5.72. The summed E-state index contributed by atoms with van der Waals surface area (Å²) in [6, 6.07) is 8.75. The summed E-state index contributed by atoms with van der Waals surface area (Å²) in [6.45, 7) is 0.654. The molecule has 1 aliphatic heterocycles. The Labute approximate surface area is 189 Å². The maximum atomic E-state index is 12.8. The van der Waals surface area contributed by atoms with E-state index >= 15 is 0 Å². The number of nitrogens with one attached hydrogen (secondary N) is 2. The number of amides is 1. The molecule has 6 rings (SSSR count). The zero-order valence-electron chi connectivity index (χ0n) is 17.9. The lowest BCUT2D eigenvalue weighted by atomic mass is 10.1. The molecule has 3 aromatic heterocycles. The van der Waals surface area contributed by atoms with E-state index in [1.165, 1.54) is 11.1 Å². The van der Waals surface area contributed by atoms with Gasteiger partial charge in [0, 0.05) is 25.0 Å². The molecule has 166 valence electrons. The van der Waals surface area contributed by atoms with Crippen molar-refractivity contribution in [1.29, 1.82) is 0 Å². The molecule has 0 atom stereocenters. The summed E-state index contributed by atoms with van der Waals surface area (Å²) in [4.78, 5) is 23.3. The minimum Gasteiger partial charge on any atom is -0.420 e. The molecule has 1 amide bonds. The number of rotatable bonds is 5. The van der Waals surface area contributed by atoms with Crippen LogP contribution in [0.2, 0.25) is 0 Å². The largest absolute Gasteiger partial charge is 0.420 e. The molecule has 4 heterocycles. The number of aryl methyl sites for hydroxylation is 1. The highest BCUT2D eigenvalue weighted by molar-refractivity contribution is 5.95. The molecule has 0 spiro atoms. The Hall–Kier alpha value is -4.08. The smallest absolute Gasteiger partial charge is 0.250 e. The van der Waals surface area contributed by atoms with E-state index in [1.807, 2.05) is 0 Å². The van der Waals surface area contributed by atoms with E-state index in [0.717, 1.165) is 37.1 Å². The predicted octanol–water partition coefficient (Wildman–Crippen LogP) is 2.35. The van der Waals surface area contributed by atoms with E-state index < -0.39 is 0 Å². The molecule has 0 fully saturated rings. The van der Waals surface area contributed by atoms with E-state index in [-0.39, 0.29) is 24.3 Å². The van der Waals surface area contributed by atoms with E-state index in [9.17, 15) is 4.79 Å². The van der Waals surface area contributed by atoms with Crippen molar-refractivity contribution in [2.75, 3.05) is 16.8 Å². The van der Waals surface area contributed by atoms with Gasteiger partial charge in [0.05, 0.1) is 23.1 Å². The van der Waals surface area contributed by atoms with Gasteiger partial charge in [-0.25, -0.2) is 9.97 Å². The Bertz CT molecular complexity index is 1270. The van der Waals surface area contributed by atoms with Crippen LogP contribution in [0.5, 0.6) is 0 Å². The van der Waals surface area contributed by atoms with Crippen molar-refractivity contribution in [3.8, 4) is 11.5 Å². The maximum absolute atomic E-state index is 12.8. The van der Waals surface area contributed by atoms with Crippen LogP contribution in [0.3, 0.4) is 0 Å². The number of anilines is 2. The first-order valence-corrected chi connectivity index (χ1v) is 11.0. The van der Waals surface area contributed by atoms with Gasteiger partial charge in [-0.15, -0.1) is 10.2 Å². The van der Waals surface area contributed by atoms with E-state index in [1.54, 1.807) is 23.5 Å². The fourth-order valence-electron chi connectivity index (χ4n) is 4.54. The summed E-state index contributed by atoms with van der Waals surface area (Å²) >= 11 is 0. The van der Waals surface area contributed by atoms with Crippen molar-refractivity contribution in [2.24, 2.45) is 0 Å². The molecule has 0 radical (unpaired) electrons. The monoisotopic (exact) mass is 442 g/mol. The zero-order chi connectivity index (χ0) is 22.2. The third kappa shape index (κ3) is 3.84. The number of carbonyl (C=O) groups excluding carboxylic acids is 1. The number of benzene rings is 1. The second kappa shape index (κ2) is 8.12. The maximum Gasteiger partial charge on any atom is 0.250 e. The second-order valence-electron chi connectivity index (χ2n) is 8.37. The molecule has 2 N–H and O–H groups in total. The number of aromatic amines is 1. The van der Waals surface area contributed by atoms with Gasteiger partial charge in [0.2, 0.25) is 17.7 Å². The van der Waals surface area contributed by atoms with Crippen LogP contribution in [0.4, 0.5) is 11.6 Å². The highest BCUT2D eigenvalue weighted by atomic mass is 16.4. The lowest BCUT2D eigenvalue weighted by molar-refractivity contribution is -0.118. The highest BCUT2D eigenvalue weighted by Crippen LogP contribution is 2.26. The van der Waals surface area contributed by atoms with Gasteiger partial charge in [-0.3, -0.25) is 9.89 Å². The molecular weight excluding hydrogens is 420 g/mol. The van der Waals surface area contributed by atoms with Crippen LogP contribution in [0.15, 0.2) is 47.3 Å². The van der Waals surface area contributed by atoms with E-state index in [2.05, 4.69) is 59.9 Å². The van der Waals surface area contributed by atoms with Crippen LogP contribution in [0.1, 0.15) is 29.1 Å². The van der Waals surface area contributed by atoms with Crippen molar-refractivity contribution in [2.45, 2.75) is 38.1 Å². The van der Waals surface area contributed by atoms with Gasteiger partial charge in [-0.05, 0) is 36.8 Å². The molecule has 0 unspecified atom stereocenters. The fraction of sp³-hybridized carbons (Fsp3) is 0.304. The molecule has 33 heavy (non-hydrogen) atoms. The molecule has 0 saturated heterocycles. The third-order valence-corrected chi connectivity index (χ3v) is 6.15. The van der Waals surface area contributed by atoms with Gasteiger partial charge in [0.15, 0.2) is 0 Å². The summed E-state index contributed by atoms with van der Waals surface area (Å²) in [6.07, 6.45) is 8.71. The molecule has 0 bridgehead atoms. The minimum absolute atomic E-state index is 0.0281. The van der Waals surface area contributed by atoms with Gasteiger partial charge >= 0.3 is 0 Å². The molecular formula is C23H22N8O2. The topological polar surface area (TPSA) is 126 Å². The van der Waals surface area contributed by atoms with Gasteiger partial charge in [0.25, 0.3) is 5.89 Å². The summed E-state index contributed by atoms with van der Waals surface area (Å²) in [5, 5.41) is 18.5. The van der Waals surface area contributed by atoms with Crippen molar-refractivity contribution in [1.82, 2.24) is 30.4 Å². The van der Waals surface area contributed by atoms with Gasteiger partial charge < -0.3 is 14.6 Å².